The van der Waals surface area contributed by atoms with Crippen LogP contribution in [0.4, 0.5) is 9.59 Å². The molecule has 0 aliphatic carbocycles. The molecule has 196 valence electrons. The number of pyridine rings is 1. The first-order valence-corrected chi connectivity index (χ1v) is 11.7. The van der Waals surface area contributed by atoms with Crippen molar-refractivity contribution in [3.63, 3.8) is 0 Å². The number of carbonyl (C=O) groups is 3. The number of hydrogen-bond acceptors (Lipinski definition) is 7. The van der Waals surface area contributed by atoms with Gasteiger partial charge in [-0.15, -0.1) is 0 Å². The van der Waals surface area contributed by atoms with Crippen LogP contribution in [0.3, 0.4) is 0 Å². The zero-order valence-electron chi connectivity index (χ0n) is 20.9. The highest BCUT2D eigenvalue weighted by molar-refractivity contribution is 5.83. The summed E-state index contributed by atoms with van der Waals surface area (Å²) in [5.41, 5.74) is 2.75. The molecule has 1 atom stereocenters. The average molecular weight is 518 g/mol. The summed E-state index contributed by atoms with van der Waals surface area (Å²) in [6.07, 6.45) is 0.116. The fourth-order valence-electron chi connectivity index (χ4n) is 3.74. The second-order valence-corrected chi connectivity index (χ2v) is 8.60. The van der Waals surface area contributed by atoms with Crippen LogP contribution in [0.1, 0.15) is 28.7 Å². The number of ether oxygens (including phenoxy) is 2. The van der Waals surface area contributed by atoms with Crippen molar-refractivity contribution in [2.75, 3.05) is 14.1 Å². The lowest BCUT2D eigenvalue weighted by Gasteiger charge is -2.23. The van der Waals surface area contributed by atoms with Crippen LogP contribution in [0, 0.1) is 0 Å². The maximum Gasteiger partial charge on any atom is 0.410 e. The van der Waals surface area contributed by atoms with E-state index in [1.54, 1.807) is 19.2 Å². The molecule has 0 saturated carbocycles. The molecular formula is C27H27N5O6. The molecule has 0 bridgehead atoms. The molecule has 2 N–H and O–H groups in total. The summed E-state index contributed by atoms with van der Waals surface area (Å²) in [6.45, 7) is 0.286. The number of H-pyrrole nitrogens is 1. The molecular weight excluding hydrogens is 490 g/mol. The van der Waals surface area contributed by atoms with Gasteiger partial charge in [0, 0.05) is 14.1 Å². The van der Waals surface area contributed by atoms with Crippen LogP contribution in [0.15, 0.2) is 72.9 Å². The molecule has 11 nitrogen and oxygen atoms in total. The summed E-state index contributed by atoms with van der Waals surface area (Å²) in [7, 11) is 2.92. The molecule has 11 heteroatoms. The first-order valence-electron chi connectivity index (χ1n) is 11.7. The van der Waals surface area contributed by atoms with Crippen LogP contribution >= 0.6 is 0 Å². The first-order chi connectivity index (χ1) is 18.3. The molecule has 4 aromatic rings. The number of imidazole rings is 1. The van der Waals surface area contributed by atoms with E-state index in [1.807, 2.05) is 48.5 Å². The number of amides is 2. The summed E-state index contributed by atoms with van der Waals surface area (Å²) in [5.74, 6) is -0.812. The fourth-order valence-corrected chi connectivity index (χ4v) is 3.74. The Kier molecular flexibility index (Phi) is 8.17. The molecule has 38 heavy (non-hydrogen) atoms. The van der Waals surface area contributed by atoms with E-state index in [0.717, 1.165) is 16.0 Å². The number of rotatable bonds is 9. The third kappa shape index (κ3) is 6.44. The topological polar surface area (TPSA) is 138 Å². The highest BCUT2D eigenvalue weighted by atomic mass is 16.6. The van der Waals surface area contributed by atoms with E-state index in [4.69, 9.17) is 9.47 Å². The van der Waals surface area contributed by atoms with Crippen LogP contribution < -0.4 is 0 Å². The second kappa shape index (κ2) is 11.9. The number of aromatic amines is 1. The van der Waals surface area contributed by atoms with Gasteiger partial charge in [-0.3, -0.25) is 9.88 Å². The SMILES string of the molecule is CN(Cc1nc2cc(C(C(=O)O)N(C)C(=O)OCc3ccccc3)ncc2[nH]1)C(=O)OCc1ccccc1. The van der Waals surface area contributed by atoms with E-state index in [-0.39, 0.29) is 25.5 Å². The highest BCUT2D eigenvalue weighted by Crippen LogP contribution is 2.23. The van der Waals surface area contributed by atoms with Crippen molar-refractivity contribution in [3.05, 3.63) is 95.6 Å². The lowest BCUT2D eigenvalue weighted by Crippen LogP contribution is -2.36. The van der Waals surface area contributed by atoms with Gasteiger partial charge in [-0.25, -0.2) is 19.4 Å². The van der Waals surface area contributed by atoms with Crippen LogP contribution in [0.5, 0.6) is 0 Å². The number of carbonyl (C=O) groups excluding carboxylic acids is 2. The first kappa shape index (κ1) is 26.1. The monoisotopic (exact) mass is 517 g/mol. The Hall–Kier alpha value is -4.93. The molecule has 2 aromatic heterocycles. The quantitative estimate of drug-likeness (QED) is 0.338. The van der Waals surface area contributed by atoms with E-state index in [2.05, 4.69) is 15.0 Å². The van der Waals surface area contributed by atoms with Crippen LogP contribution in [-0.2, 0) is 34.0 Å². The molecule has 0 aliphatic rings. The molecule has 4 rings (SSSR count). The fraction of sp³-hybridized carbons (Fsp3) is 0.222. The third-order valence-corrected chi connectivity index (χ3v) is 5.74. The van der Waals surface area contributed by atoms with Gasteiger partial charge in [0.25, 0.3) is 0 Å². The van der Waals surface area contributed by atoms with Gasteiger partial charge < -0.3 is 24.5 Å². The molecule has 0 radical (unpaired) electrons. The molecule has 0 fully saturated rings. The molecule has 1 unspecified atom stereocenters. The Bertz CT molecular complexity index is 1410. The predicted molar refractivity (Wildman–Crippen MR) is 137 cm³/mol. The molecule has 2 aromatic carbocycles. The van der Waals surface area contributed by atoms with Gasteiger partial charge in [-0.05, 0) is 17.2 Å². The Morgan fingerprint density at radius 3 is 2.08 bits per heavy atom. The third-order valence-electron chi connectivity index (χ3n) is 5.74. The van der Waals surface area contributed by atoms with Crippen molar-refractivity contribution >= 4 is 29.2 Å². The molecule has 0 aliphatic heterocycles. The average Bonchev–Trinajstić information content (AvgIpc) is 3.32. The number of aliphatic carboxylic acids is 1. The number of likely N-dealkylation sites (N-methyl/N-ethyl adjacent to an activating group) is 1. The number of carboxylic acids is 1. The number of nitrogens with one attached hydrogen (secondary N) is 1. The van der Waals surface area contributed by atoms with Crippen molar-refractivity contribution in [3.8, 4) is 0 Å². The smallest absolute Gasteiger partial charge is 0.410 e. The minimum Gasteiger partial charge on any atom is -0.479 e. The Morgan fingerprint density at radius 2 is 1.50 bits per heavy atom. The highest BCUT2D eigenvalue weighted by Gasteiger charge is 2.31. The summed E-state index contributed by atoms with van der Waals surface area (Å²) in [5, 5.41) is 9.85. The van der Waals surface area contributed by atoms with Crippen LogP contribution in [0.2, 0.25) is 0 Å². The lowest BCUT2D eigenvalue weighted by molar-refractivity contribution is -0.142. The van der Waals surface area contributed by atoms with Crippen molar-refractivity contribution < 1.29 is 29.0 Å². The van der Waals surface area contributed by atoms with E-state index < -0.39 is 24.2 Å². The Balaban J connectivity index is 1.42. The maximum atomic E-state index is 12.6. The summed E-state index contributed by atoms with van der Waals surface area (Å²) in [4.78, 5) is 51.1. The predicted octanol–water partition coefficient (Wildman–Crippen LogP) is 4.12. The molecule has 0 spiro atoms. The van der Waals surface area contributed by atoms with Gasteiger partial charge in [-0.1, -0.05) is 60.7 Å². The van der Waals surface area contributed by atoms with Crippen LogP contribution in [-0.4, -0.2) is 62.1 Å². The van der Waals surface area contributed by atoms with Gasteiger partial charge in [0.1, 0.15) is 19.0 Å². The minimum absolute atomic E-state index is 0.00679. The summed E-state index contributed by atoms with van der Waals surface area (Å²) in [6, 6.07) is 18.5. The van der Waals surface area contributed by atoms with Gasteiger partial charge in [0.15, 0.2) is 6.04 Å². The number of carboxylic acid groups (broad SMARTS) is 1. The Morgan fingerprint density at radius 1 is 0.921 bits per heavy atom. The number of fused-ring (bicyclic) bond motifs is 1. The van der Waals surface area contributed by atoms with Gasteiger partial charge >= 0.3 is 18.2 Å². The normalized spacial score (nSPS) is 11.5. The minimum atomic E-state index is -1.39. The van der Waals surface area contributed by atoms with E-state index >= 15 is 0 Å². The lowest BCUT2D eigenvalue weighted by atomic mass is 10.1. The van der Waals surface area contributed by atoms with Crippen molar-refractivity contribution in [2.24, 2.45) is 0 Å². The molecule has 0 saturated heterocycles. The Labute approximate surface area is 218 Å². The maximum absolute atomic E-state index is 12.6. The zero-order valence-corrected chi connectivity index (χ0v) is 20.9. The van der Waals surface area contributed by atoms with Crippen molar-refractivity contribution in [1.29, 1.82) is 0 Å². The standard InChI is InChI=1S/C27H27N5O6/c1-31(26(35)37-16-18-9-5-3-6-10-18)15-23-29-20-13-21(28-14-22(20)30-23)24(25(33)34)32(2)27(36)38-17-19-11-7-4-8-12-19/h3-14,24H,15-17H2,1-2H3,(H,29,30)(H,33,34). The number of benzene rings is 2. The van der Waals surface area contributed by atoms with Crippen LogP contribution in [0.25, 0.3) is 11.0 Å². The second-order valence-electron chi connectivity index (χ2n) is 8.60. The summed E-state index contributed by atoms with van der Waals surface area (Å²) < 4.78 is 10.6. The van der Waals surface area contributed by atoms with Gasteiger partial charge in [0.05, 0.1) is 29.5 Å². The largest absolute Gasteiger partial charge is 0.479 e. The molecule has 2 amide bonds. The molecule has 2 heterocycles. The van der Waals surface area contributed by atoms with E-state index in [0.29, 0.717) is 16.9 Å². The number of hydrogen-bond donors (Lipinski definition) is 2. The van der Waals surface area contributed by atoms with Crippen molar-refractivity contribution in [2.45, 2.75) is 25.8 Å². The number of nitrogens with zero attached hydrogens (tertiary/aromatic N) is 4. The number of aromatic nitrogens is 3. The van der Waals surface area contributed by atoms with E-state index in [9.17, 15) is 19.5 Å². The van der Waals surface area contributed by atoms with Crippen molar-refractivity contribution in [1.82, 2.24) is 24.8 Å². The van der Waals surface area contributed by atoms with E-state index in [1.165, 1.54) is 24.2 Å². The summed E-state index contributed by atoms with van der Waals surface area (Å²) >= 11 is 0. The van der Waals surface area contributed by atoms with Gasteiger partial charge in [0.2, 0.25) is 0 Å². The zero-order chi connectivity index (χ0) is 27.1. The van der Waals surface area contributed by atoms with Gasteiger partial charge in [-0.2, -0.15) is 0 Å².